The van der Waals surface area contributed by atoms with Crippen molar-refractivity contribution in [3.8, 4) is 11.3 Å². The third kappa shape index (κ3) is 3.10. The second kappa shape index (κ2) is 6.76. The van der Waals surface area contributed by atoms with Crippen LogP contribution in [0.25, 0.3) is 22.3 Å². The molecule has 6 heteroatoms. The highest BCUT2D eigenvalue weighted by atomic mass is 16.5. The zero-order valence-electron chi connectivity index (χ0n) is 14.1. The molecule has 0 spiro atoms. The van der Waals surface area contributed by atoms with E-state index in [4.69, 9.17) is 4.74 Å². The van der Waals surface area contributed by atoms with Gasteiger partial charge in [0, 0.05) is 11.0 Å². The van der Waals surface area contributed by atoms with Gasteiger partial charge in [0.05, 0.1) is 23.0 Å². The maximum absolute atomic E-state index is 13.0. The van der Waals surface area contributed by atoms with Gasteiger partial charge >= 0.3 is 5.97 Å². The molecule has 6 nitrogen and oxygen atoms in total. The van der Waals surface area contributed by atoms with E-state index in [-0.39, 0.29) is 35.4 Å². The number of ether oxygens (including phenoxy) is 1. The molecule has 0 aliphatic heterocycles. The van der Waals surface area contributed by atoms with Gasteiger partial charge in [-0.25, -0.2) is 0 Å². The van der Waals surface area contributed by atoms with E-state index in [1.165, 1.54) is 0 Å². The van der Waals surface area contributed by atoms with E-state index in [2.05, 4.69) is 0 Å². The molecule has 0 fully saturated rings. The fraction of sp³-hybridized carbons (Fsp3) is 0.211. The van der Waals surface area contributed by atoms with Crippen LogP contribution in [0.3, 0.4) is 0 Å². The molecular weight excluding hydrogens is 320 g/mol. The molecule has 0 atom stereocenters. The largest absolute Gasteiger partial charge is 0.805 e. The summed E-state index contributed by atoms with van der Waals surface area (Å²) in [5.74, 6) is -0.545. The van der Waals surface area contributed by atoms with E-state index >= 15 is 0 Å². The van der Waals surface area contributed by atoms with Crippen LogP contribution >= 0.6 is 0 Å². The Morgan fingerprint density at radius 2 is 1.92 bits per heavy atom. The van der Waals surface area contributed by atoms with Crippen molar-refractivity contribution < 1.29 is 14.0 Å². The van der Waals surface area contributed by atoms with Crippen LogP contribution in [0, 0.1) is 17.0 Å². The monoisotopic (exact) mass is 338 g/mol. The summed E-state index contributed by atoms with van der Waals surface area (Å²) >= 11 is 0. The minimum Gasteiger partial charge on any atom is -0.805 e. The average Bonchev–Trinajstić information content (AvgIpc) is 2.60. The predicted octanol–water partition coefficient (Wildman–Crippen LogP) is 2.98. The molecule has 0 N–H and O–H groups in total. The zero-order chi connectivity index (χ0) is 18.0. The molecule has 1 heterocycles. The quantitative estimate of drug-likeness (QED) is 0.541. The minimum atomic E-state index is -0.545. The molecule has 0 saturated carbocycles. The lowest BCUT2D eigenvalue weighted by molar-refractivity contribution is -0.452. The highest BCUT2D eigenvalue weighted by Gasteiger charge is 2.26. The smallest absolute Gasteiger partial charge is 0.312 e. The van der Waals surface area contributed by atoms with Gasteiger partial charge in [-0.2, -0.15) is 0 Å². The van der Waals surface area contributed by atoms with Crippen molar-refractivity contribution in [2.24, 2.45) is 0 Å². The van der Waals surface area contributed by atoms with Crippen molar-refractivity contribution in [2.45, 2.75) is 20.3 Å². The van der Waals surface area contributed by atoms with Gasteiger partial charge in [0.1, 0.15) is 11.2 Å². The van der Waals surface area contributed by atoms with Crippen molar-refractivity contribution in [1.82, 2.24) is 4.73 Å². The van der Waals surface area contributed by atoms with Gasteiger partial charge in [-0.05, 0) is 37.6 Å². The van der Waals surface area contributed by atoms with Crippen molar-refractivity contribution in [2.75, 3.05) is 6.61 Å². The van der Waals surface area contributed by atoms with Gasteiger partial charge in [-0.15, -0.1) is 0 Å². The van der Waals surface area contributed by atoms with Crippen LogP contribution in [0.1, 0.15) is 18.2 Å². The third-order valence-electron chi connectivity index (χ3n) is 3.95. The van der Waals surface area contributed by atoms with E-state index in [1.807, 2.05) is 13.0 Å². The average molecular weight is 338 g/mol. The number of fused-ring (bicyclic) bond motifs is 1. The first-order valence-electron chi connectivity index (χ1n) is 8.02. The van der Waals surface area contributed by atoms with E-state index in [0.29, 0.717) is 14.7 Å². The molecule has 3 rings (SSSR count). The summed E-state index contributed by atoms with van der Waals surface area (Å²) in [5.41, 5.74) is 2.16. The number of carbonyl (C=O) groups is 1. The van der Waals surface area contributed by atoms with Gasteiger partial charge in [0.2, 0.25) is 0 Å². The van der Waals surface area contributed by atoms with Crippen molar-refractivity contribution in [1.29, 1.82) is 0 Å². The Hall–Kier alpha value is -3.15. The molecule has 0 unspecified atom stereocenters. The van der Waals surface area contributed by atoms with Crippen molar-refractivity contribution >= 4 is 17.0 Å². The van der Waals surface area contributed by atoms with E-state index in [0.717, 1.165) is 5.56 Å². The fourth-order valence-corrected chi connectivity index (χ4v) is 2.83. The van der Waals surface area contributed by atoms with Crippen molar-refractivity contribution in [3.63, 3.8) is 0 Å². The summed E-state index contributed by atoms with van der Waals surface area (Å²) < 4.78 is 6.34. The fourth-order valence-electron chi connectivity index (χ4n) is 2.83. The molecule has 1 aromatic heterocycles. The van der Waals surface area contributed by atoms with Crippen LogP contribution < -0.4 is 4.43 Å². The normalized spacial score (nSPS) is 10.8. The number of hydrogen-bond acceptors (Lipinski definition) is 4. The van der Waals surface area contributed by atoms with Crippen LogP contribution in [0.4, 0.5) is 0 Å². The third-order valence-corrected chi connectivity index (χ3v) is 3.95. The standard InChI is InChI=1S/C19H18N2O4/c1-3-25-18(22)12-17-19(14-7-5-4-6-8-14)21(24)15-10-9-13(2)11-16(15)20(17)23/h4-11H,3,12H2,1-2H3. The Labute approximate surface area is 144 Å². The Morgan fingerprint density at radius 3 is 2.60 bits per heavy atom. The zero-order valence-corrected chi connectivity index (χ0v) is 14.1. The number of esters is 1. The number of benzene rings is 2. The second-order valence-corrected chi connectivity index (χ2v) is 5.72. The first-order chi connectivity index (χ1) is 12.0. The maximum atomic E-state index is 13.0. The summed E-state index contributed by atoms with van der Waals surface area (Å²) in [6.07, 6.45) is -0.270. The number of rotatable bonds is 4. The molecule has 0 aliphatic carbocycles. The van der Waals surface area contributed by atoms with Gasteiger partial charge in [0.15, 0.2) is 0 Å². The number of hydrogen-bond donors (Lipinski definition) is 0. The maximum Gasteiger partial charge on any atom is 0.312 e. The first kappa shape index (κ1) is 16.7. The topological polar surface area (TPSA) is 77.3 Å². The lowest BCUT2D eigenvalue weighted by Crippen LogP contribution is -2.27. The number of nitrogens with zero attached hydrogens (tertiary/aromatic N) is 2. The Kier molecular flexibility index (Phi) is 4.52. The van der Waals surface area contributed by atoms with Gasteiger partial charge in [0.25, 0.3) is 11.2 Å². The van der Waals surface area contributed by atoms with Crippen LogP contribution in [0.5, 0.6) is 0 Å². The highest BCUT2D eigenvalue weighted by Crippen LogP contribution is 2.24. The Bertz CT molecular complexity index is 994. The van der Waals surface area contributed by atoms with Gasteiger partial charge in [-0.1, -0.05) is 24.3 Å². The van der Waals surface area contributed by atoms with Crippen LogP contribution in [0.2, 0.25) is 0 Å². The van der Waals surface area contributed by atoms with Crippen LogP contribution in [0.15, 0.2) is 48.5 Å². The molecule has 128 valence electrons. The summed E-state index contributed by atoms with van der Waals surface area (Å²) in [5, 5.41) is 12.9. The van der Waals surface area contributed by atoms with Crippen LogP contribution in [-0.2, 0) is 16.0 Å². The molecule has 25 heavy (non-hydrogen) atoms. The number of aryl methyl sites for hydroxylation is 1. The molecule has 0 bridgehead atoms. The lowest BCUT2D eigenvalue weighted by Gasteiger charge is -2.19. The molecule has 0 aliphatic rings. The van der Waals surface area contributed by atoms with Gasteiger partial charge < -0.3 is 14.7 Å². The van der Waals surface area contributed by atoms with Crippen LogP contribution in [-0.4, -0.2) is 17.3 Å². The van der Waals surface area contributed by atoms with Gasteiger partial charge in [-0.3, -0.25) is 4.79 Å². The summed E-state index contributed by atoms with van der Waals surface area (Å²) in [6.45, 7) is 3.74. The van der Waals surface area contributed by atoms with E-state index in [1.54, 1.807) is 49.4 Å². The first-order valence-corrected chi connectivity index (χ1v) is 8.02. The molecule has 2 aromatic carbocycles. The summed E-state index contributed by atoms with van der Waals surface area (Å²) in [7, 11) is 0. The molecular formula is C19H18N2O4. The van der Waals surface area contributed by atoms with E-state index < -0.39 is 5.97 Å². The van der Waals surface area contributed by atoms with E-state index in [9.17, 15) is 14.9 Å². The molecule has 0 saturated heterocycles. The molecule has 3 aromatic rings. The second-order valence-electron chi connectivity index (χ2n) is 5.72. The summed E-state index contributed by atoms with van der Waals surface area (Å²) in [6, 6.07) is 13.9. The Balaban J connectivity index is 2.34. The van der Waals surface area contributed by atoms with Crippen molar-refractivity contribution in [3.05, 3.63) is 69.9 Å². The molecule has 0 radical (unpaired) electrons. The predicted molar refractivity (Wildman–Crippen MR) is 94.6 cm³/mol. The summed E-state index contributed by atoms with van der Waals surface area (Å²) in [4.78, 5) is 24.9. The SMILES string of the molecule is CCOC(=O)Cc1c(-c2ccccc2)[n+](=O)c2ccc(C)cc2n1[O-]. The lowest BCUT2D eigenvalue weighted by atomic mass is 10.1. The number of carbonyl (C=O) groups excluding carboxylic acids is 1. The molecule has 0 amide bonds. The Morgan fingerprint density at radius 1 is 1.20 bits per heavy atom. The minimum absolute atomic E-state index is 0.0813. The highest BCUT2D eigenvalue weighted by molar-refractivity contribution is 5.80. The number of aromatic nitrogens is 2.